The minimum Gasteiger partial charge on any atom is -0.374 e. The third kappa shape index (κ3) is 1.49. The minimum absolute atomic E-state index is 0.467. The number of hydrogen-bond acceptors (Lipinski definition) is 6. The van der Waals surface area contributed by atoms with E-state index in [1.807, 2.05) is 18.2 Å². The number of aromatic nitrogens is 4. The van der Waals surface area contributed by atoms with Gasteiger partial charge in [-0.3, -0.25) is 9.97 Å². The van der Waals surface area contributed by atoms with E-state index in [0.717, 1.165) is 21.6 Å². The van der Waals surface area contributed by atoms with Crippen molar-refractivity contribution in [3.63, 3.8) is 0 Å². The summed E-state index contributed by atoms with van der Waals surface area (Å²) in [6.07, 6.45) is 3.34. The van der Waals surface area contributed by atoms with Crippen LogP contribution in [0.3, 0.4) is 0 Å². The van der Waals surface area contributed by atoms with Gasteiger partial charge in [0.05, 0.1) is 11.0 Å². The molecule has 5 nitrogen and oxygen atoms in total. The van der Waals surface area contributed by atoms with Crippen molar-refractivity contribution in [2.45, 2.75) is 0 Å². The molecule has 0 fully saturated rings. The molecule has 0 amide bonds. The zero-order chi connectivity index (χ0) is 11.0. The molecule has 2 N–H and O–H groups in total. The Morgan fingerprint density at radius 1 is 1.00 bits per heavy atom. The molecule has 2 aromatic heterocycles. The van der Waals surface area contributed by atoms with Crippen LogP contribution < -0.4 is 5.73 Å². The van der Waals surface area contributed by atoms with E-state index < -0.39 is 0 Å². The third-order valence-corrected chi connectivity index (χ3v) is 2.96. The Balaban J connectivity index is 2.18. The van der Waals surface area contributed by atoms with Crippen LogP contribution in [0.4, 0.5) is 5.13 Å². The van der Waals surface area contributed by atoms with Gasteiger partial charge < -0.3 is 5.73 Å². The van der Waals surface area contributed by atoms with Crippen LogP contribution in [-0.4, -0.2) is 20.2 Å². The van der Waals surface area contributed by atoms with E-state index in [2.05, 4.69) is 20.2 Å². The lowest BCUT2D eigenvalue weighted by Crippen LogP contribution is -1.83. The van der Waals surface area contributed by atoms with Crippen molar-refractivity contribution in [3.05, 3.63) is 30.6 Å². The van der Waals surface area contributed by atoms with Crippen LogP contribution in [0.15, 0.2) is 30.6 Å². The van der Waals surface area contributed by atoms with Crippen molar-refractivity contribution in [2.24, 2.45) is 0 Å². The van der Waals surface area contributed by atoms with Gasteiger partial charge in [-0.2, -0.15) is 0 Å². The lowest BCUT2D eigenvalue weighted by atomic mass is 10.2. The SMILES string of the molecule is Nc1nnc(-c2ccc3nccnc3c2)s1. The van der Waals surface area contributed by atoms with E-state index in [9.17, 15) is 0 Å². The second kappa shape index (κ2) is 3.49. The van der Waals surface area contributed by atoms with E-state index in [-0.39, 0.29) is 0 Å². The van der Waals surface area contributed by atoms with Crippen LogP contribution >= 0.6 is 11.3 Å². The molecule has 2 heterocycles. The van der Waals surface area contributed by atoms with Gasteiger partial charge in [0.2, 0.25) is 5.13 Å². The summed E-state index contributed by atoms with van der Waals surface area (Å²) in [5, 5.41) is 9.03. The van der Waals surface area contributed by atoms with Crippen molar-refractivity contribution >= 4 is 27.5 Å². The van der Waals surface area contributed by atoms with E-state index in [0.29, 0.717) is 5.13 Å². The molecular weight excluding hydrogens is 222 g/mol. The number of fused-ring (bicyclic) bond motifs is 1. The fourth-order valence-corrected chi connectivity index (χ4v) is 2.05. The van der Waals surface area contributed by atoms with Crippen LogP contribution in [0.1, 0.15) is 0 Å². The molecule has 16 heavy (non-hydrogen) atoms. The fraction of sp³-hybridized carbons (Fsp3) is 0. The largest absolute Gasteiger partial charge is 0.374 e. The Morgan fingerprint density at radius 2 is 1.81 bits per heavy atom. The standard InChI is InChI=1S/C10H7N5S/c11-10-15-14-9(16-10)6-1-2-7-8(5-6)13-4-3-12-7/h1-5H,(H2,11,15). The van der Waals surface area contributed by atoms with Crippen LogP contribution in [0.5, 0.6) is 0 Å². The molecule has 0 radical (unpaired) electrons. The first-order valence-corrected chi connectivity index (χ1v) is 5.45. The number of nitrogen functional groups attached to an aromatic ring is 1. The van der Waals surface area contributed by atoms with Crippen LogP contribution in [0, 0.1) is 0 Å². The highest BCUT2D eigenvalue weighted by molar-refractivity contribution is 7.18. The summed E-state index contributed by atoms with van der Waals surface area (Å²) in [5.74, 6) is 0. The van der Waals surface area contributed by atoms with Gasteiger partial charge >= 0.3 is 0 Å². The van der Waals surface area contributed by atoms with Gasteiger partial charge in [0.25, 0.3) is 0 Å². The first-order valence-electron chi connectivity index (χ1n) is 4.63. The average Bonchev–Trinajstić information content (AvgIpc) is 2.75. The topological polar surface area (TPSA) is 77.6 Å². The fourth-order valence-electron chi connectivity index (χ4n) is 1.45. The van der Waals surface area contributed by atoms with Crippen molar-refractivity contribution in [1.82, 2.24) is 20.2 Å². The van der Waals surface area contributed by atoms with Gasteiger partial charge in [-0.25, -0.2) is 0 Å². The molecule has 3 rings (SSSR count). The first kappa shape index (κ1) is 9.17. The molecule has 1 aromatic carbocycles. The molecule has 0 aliphatic rings. The highest BCUT2D eigenvalue weighted by atomic mass is 32.1. The number of rotatable bonds is 1. The zero-order valence-corrected chi connectivity index (χ0v) is 8.98. The normalized spacial score (nSPS) is 10.8. The molecule has 0 aliphatic heterocycles. The van der Waals surface area contributed by atoms with Gasteiger partial charge in [0.15, 0.2) is 0 Å². The predicted molar refractivity (Wildman–Crippen MR) is 62.9 cm³/mol. The van der Waals surface area contributed by atoms with E-state index in [1.54, 1.807) is 12.4 Å². The van der Waals surface area contributed by atoms with Gasteiger partial charge in [0, 0.05) is 18.0 Å². The summed E-state index contributed by atoms with van der Waals surface area (Å²) >= 11 is 1.36. The summed E-state index contributed by atoms with van der Waals surface area (Å²) < 4.78 is 0. The Bertz CT molecular complexity index is 648. The Hall–Kier alpha value is -2.08. The minimum atomic E-state index is 0.467. The molecule has 0 spiro atoms. The van der Waals surface area contributed by atoms with Crippen molar-refractivity contribution in [1.29, 1.82) is 0 Å². The third-order valence-electron chi connectivity index (χ3n) is 2.16. The molecular formula is C10H7N5S. The molecule has 0 bridgehead atoms. The van der Waals surface area contributed by atoms with Gasteiger partial charge in [-0.1, -0.05) is 11.3 Å². The summed E-state index contributed by atoms with van der Waals surface area (Å²) in [6.45, 7) is 0. The highest BCUT2D eigenvalue weighted by Gasteiger charge is 2.05. The maximum absolute atomic E-state index is 5.55. The average molecular weight is 229 g/mol. The first-order chi connectivity index (χ1) is 7.83. The van der Waals surface area contributed by atoms with Crippen molar-refractivity contribution in [3.8, 4) is 10.6 Å². The molecule has 78 valence electrons. The number of anilines is 1. The molecule has 0 unspecified atom stereocenters. The predicted octanol–water partition coefficient (Wildman–Crippen LogP) is 1.73. The smallest absolute Gasteiger partial charge is 0.203 e. The molecule has 0 saturated heterocycles. The van der Waals surface area contributed by atoms with Crippen molar-refractivity contribution < 1.29 is 0 Å². The van der Waals surface area contributed by atoms with E-state index in [4.69, 9.17) is 5.73 Å². The molecule has 6 heteroatoms. The maximum atomic E-state index is 5.55. The van der Waals surface area contributed by atoms with E-state index in [1.165, 1.54) is 11.3 Å². The second-order valence-electron chi connectivity index (χ2n) is 3.21. The van der Waals surface area contributed by atoms with Gasteiger partial charge in [-0.05, 0) is 18.2 Å². The molecule has 0 aliphatic carbocycles. The summed E-state index contributed by atoms with van der Waals surface area (Å²) in [6, 6.07) is 5.79. The van der Waals surface area contributed by atoms with Gasteiger partial charge in [-0.15, -0.1) is 10.2 Å². The molecule has 3 aromatic rings. The van der Waals surface area contributed by atoms with Crippen LogP contribution in [0.25, 0.3) is 21.6 Å². The molecule has 0 atom stereocenters. The highest BCUT2D eigenvalue weighted by Crippen LogP contribution is 2.26. The van der Waals surface area contributed by atoms with E-state index >= 15 is 0 Å². The molecule has 0 saturated carbocycles. The lowest BCUT2D eigenvalue weighted by Gasteiger charge is -1.97. The number of hydrogen-bond donors (Lipinski definition) is 1. The Kier molecular flexibility index (Phi) is 2.00. The Labute approximate surface area is 95.0 Å². The number of nitrogens with zero attached hydrogens (tertiary/aromatic N) is 4. The van der Waals surface area contributed by atoms with Gasteiger partial charge in [0.1, 0.15) is 5.01 Å². The zero-order valence-electron chi connectivity index (χ0n) is 8.16. The summed E-state index contributed by atoms with van der Waals surface area (Å²) in [7, 11) is 0. The quantitative estimate of drug-likeness (QED) is 0.687. The lowest BCUT2D eigenvalue weighted by molar-refractivity contribution is 1.10. The summed E-state index contributed by atoms with van der Waals surface area (Å²) in [5.41, 5.74) is 8.21. The van der Waals surface area contributed by atoms with Crippen LogP contribution in [-0.2, 0) is 0 Å². The second-order valence-corrected chi connectivity index (χ2v) is 4.21. The van der Waals surface area contributed by atoms with Crippen LogP contribution in [0.2, 0.25) is 0 Å². The number of benzene rings is 1. The monoisotopic (exact) mass is 229 g/mol. The maximum Gasteiger partial charge on any atom is 0.203 e. The number of nitrogens with two attached hydrogens (primary N) is 1. The Morgan fingerprint density at radius 3 is 2.56 bits per heavy atom. The van der Waals surface area contributed by atoms with Crippen molar-refractivity contribution in [2.75, 3.05) is 5.73 Å². The summed E-state index contributed by atoms with van der Waals surface area (Å²) in [4.78, 5) is 8.44.